The number of carbonyl (C=O) groups excluding carboxylic acids is 1. The van der Waals surface area contributed by atoms with E-state index in [9.17, 15) is 4.79 Å². The monoisotopic (exact) mass is 329 g/mol. The molecule has 2 atom stereocenters. The van der Waals surface area contributed by atoms with Gasteiger partial charge in [0.15, 0.2) is 0 Å². The van der Waals surface area contributed by atoms with Gasteiger partial charge in [0.1, 0.15) is 0 Å². The van der Waals surface area contributed by atoms with E-state index in [1.54, 1.807) is 18.2 Å². The molecule has 1 aromatic carbocycles. The average Bonchev–Trinajstić information content (AvgIpc) is 2.45. The summed E-state index contributed by atoms with van der Waals surface area (Å²) in [6.07, 6.45) is 3.30. The van der Waals surface area contributed by atoms with Crippen molar-refractivity contribution in [2.75, 3.05) is 18.4 Å². The number of carbonyl (C=O) groups is 1. The van der Waals surface area contributed by atoms with Gasteiger partial charge in [-0.1, -0.05) is 35.7 Å². The summed E-state index contributed by atoms with van der Waals surface area (Å²) in [5.41, 5.74) is 6.29. The van der Waals surface area contributed by atoms with Gasteiger partial charge in [-0.2, -0.15) is 0 Å². The second kappa shape index (κ2) is 7.45. The van der Waals surface area contributed by atoms with Crippen LogP contribution in [0.3, 0.4) is 0 Å². The van der Waals surface area contributed by atoms with Crippen LogP contribution in [0, 0.1) is 0 Å². The molecule has 2 rings (SSSR count). The number of piperidine rings is 1. The van der Waals surface area contributed by atoms with Gasteiger partial charge in [0.2, 0.25) is 5.91 Å². The molecular weight excluding hydrogens is 309 g/mol. The fourth-order valence-corrected chi connectivity index (χ4v) is 3.33. The largest absolute Gasteiger partial charge is 0.329 e. The van der Waals surface area contributed by atoms with Gasteiger partial charge in [0.25, 0.3) is 0 Å². The number of hydrogen-bond donors (Lipinski definition) is 2. The third-order valence-electron chi connectivity index (χ3n) is 4.02. The molecule has 1 heterocycles. The second-order valence-corrected chi connectivity index (χ2v) is 6.30. The summed E-state index contributed by atoms with van der Waals surface area (Å²) >= 11 is 12.1. The van der Waals surface area contributed by atoms with Gasteiger partial charge in [-0.3, -0.25) is 9.69 Å². The summed E-state index contributed by atoms with van der Waals surface area (Å²) in [5, 5.41) is 3.69. The highest BCUT2D eigenvalue weighted by Gasteiger charge is 2.28. The van der Waals surface area contributed by atoms with Crippen molar-refractivity contribution >= 4 is 34.8 Å². The van der Waals surface area contributed by atoms with Crippen molar-refractivity contribution in [3.8, 4) is 0 Å². The van der Waals surface area contributed by atoms with Crippen LogP contribution in [-0.2, 0) is 4.79 Å². The van der Waals surface area contributed by atoms with Gasteiger partial charge >= 0.3 is 0 Å². The average molecular weight is 330 g/mol. The molecular formula is C15H21Cl2N3O. The Morgan fingerprint density at radius 3 is 2.67 bits per heavy atom. The predicted octanol–water partition coefficient (Wildman–Crippen LogP) is 3.13. The minimum absolute atomic E-state index is 0.114. The third-order valence-corrected chi connectivity index (χ3v) is 4.65. The smallest absolute Gasteiger partial charge is 0.238 e. The van der Waals surface area contributed by atoms with Crippen LogP contribution in [0.5, 0.6) is 0 Å². The molecule has 21 heavy (non-hydrogen) atoms. The number of benzene rings is 1. The molecule has 6 heteroatoms. The summed E-state index contributed by atoms with van der Waals surface area (Å²) in [6.45, 7) is 3.02. The van der Waals surface area contributed by atoms with E-state index >= 15 is 0 Å². The minimum Gasteiger partial charge on any atom is -0.329 e. The molecule has 2 unspecified atom stereocenters. The molecule has 0 aliphatic carbocycles. The Labute approximate surface area is 135 Å². The van der Waals surface area contributed by atoms with E-state index < -0.39 is 0 Å². The SMILES string of the molecule is CC1CCCC(CN)N1CC(=O)Nc1c(Cl)cccc1Cl. The van der Waals surface area contributed by atoms with Crippen LogP contribution in [0.2, 0.25) is 10.0 Å². The fraction of sp³-hybridized carbons (Fsp3) is 0.533. The molecule has 0 saturated carbocycles. The molecule has 0 spiro atoms. The zero-order valence-corrected chi connectivity index (χ0v) is 13.6. The van der Waals surface area contributed by atoms with Crippen molar-refractivity contribution in [3.05, 3.63) is 28.2 Å². The first-order valence-electron chi connectivity index (χ1n) is 7.22. The van der Waals surface area contributed by atoms with Crippen molar-refractivity contribution in [2.45, 2.75) is 38.3 Å². The maximum atomic E-state index is 12.3. The first kappa shape index (κ1) is 16.6. The minimum atomic E-state index is -0.114. The highest BCUT2D eigenvalue weighted by molar-refractivity contribution is 6.39. The number of para-hydroxylation sites is 1. The van der Waals surface area contributed by atoms with Crippen molar-refractivity contribution in [1.29, 1.82) is 0 Å². The van der Waals surface area contributed by atoms with E-state index in [-0.39, 0.29) is 11.9 Å². The first-order valence-corrected chi connectivity index (χ1v) is 7.98. The van der Waals surface area contributed by atoms with Crippen molar-refractivity contribution in [1.82, 2.24) is 4.90 Å². The molecule has 4 nitrogen and oxygen atoms in total. The van der Waals surface area contributed by atoms with Crippen molar-refractivity contribution < 1.29 is 4.79 Å². The topological polar surface area (TPSA) is 58.4 Å². The van der Waals surface area contributed by atoms with Crippen LogP contribution in [-0.4, -0.2) is 36.0 Å². The number of hydrogen-bond acceptors (Lipinski definition) is 3. The maximum Gasteiger partial charge on any atom is 0.238 e. The number of likely N-dealkylation sites (tertiary alicyclic amines) is 1. The second-order valence-electron chi connectivity index (χ2n) is 5.49. The van der Waals surface area contributed by atoms with Crippen LogP contribution in [0.15, 0.2) is 18.2 Å². The molecule has 1 saturated heterocycles. The molecule has 0 radical (unpaired) electrons. The van der Waals surface area contributed by atoms with Crippen LogP contribution < -0.4 is 11.1 Å². The summed E-state index contributed by atoms with van der Waals surface area (Å²) in [6, 6.07) is 5.78. The lowest BCUT2D eigenvalue weighted by molar-refractivity contribution is -0.118. The lowest BCUT2D eigenvalue weighted by Crippen LogP contribution is -2.51. The molecule has 3 N–H and O–H groups in total. The highest BCUT2D eigenvalue weighted by atomic mass is 35.5. The molecule has 1 aromatic rings. The third kappa shape index (κ3) is 4.10. The van der Waals surface area contributed by atoms with Gasteiger partial charge in [0.05, 0.1) is 22.3 Å². The van der Waals surface area contributed by atoms with E-state index in [4.69, 9.17) is 28.9 Å². The molecule has 0 bridgehead atoms. The van der Waals surface area contributed by atoms with Crippen molar-refractivity contribution in [3.63, 3.8) is 0 Å². The maximum absolute atomic E-state index is 12.3. The zero-order chi connectivity index (χ0) is 15.4. The van der Waals surface area contributed by atoms with E-state index in [0.717, 1.165) is 19.3 Å². The molecule has 1 amide bonds. The number of nitrogens with zero attached hydrogens (tertiary/aromatic N) is 1. The standard InChI is InChI=1S/C15H21Cl2N3O/c1-10-4-2-5-11(8-18)20(10)9-14(21)19-15-12(16)6-3-7-13(15)17/h3,6-7,10-11H,2,4-5,8-9,18H2,1H3,(H,19,21). The van der Waals surface area contributed by atoms with Gasteiger partial charge in [-0.05, 0) is 31.9 Å². The summed E-state index contributed by atoms with van der Waals surface area (Å²) < 4.78 is 0. The normalized spacial score (nSPS) is 23.0. The zero-order valence-electron chi connectivity index (χ0n) is 12.1. The summed E-state index contributed by atoms with van der Waals surface area (Å²) in [5.74, 6) is -0.114. The van der Waals surface area contributed by atoms with Crippen LogP contribution in [0.1, 0.15) is 26.2 Å². The molecule has 1 aliphatic rings. The lowest BCUT2D eigenvalue weighted by Gasteiger charge is -2.39. The van der Waals surface area contributed by atoms with Gasteiger partial charge in [-0.15, -0.1) is 0 Å². The predicted molar refractivity (Wildman–Crippen MR) is 88.0 cm³/mol. The van der Waals surface area contributed by atoms with Crippen LogP contribution >= 0.6 is 23.2 Å². The van der Waals surface area contributed by atoms with Crippen LogP contribution in [0.25, 0.3) is 0 Å². The number of anilines is 1. The lowest BCUT2D eigenvalue weighted by atomic mass is 9.96. The van der Waals surface area contributed by atoms with E-state index in [1.165, 1.54) is 0 Å². The number of nitrogens with two attached hydrogens (primary N) is 1. The number of nitrogens with one attached hydrogen (secondary N) is 1. The molecule has 1 aliphatic heterocycles. The number of amides is 1. The first-order chi connectivity index (χ1) is 10.0. The Bertz CT molecular complexity index is 489. The molecule has 0 aromatic heterocycles. The Morgan fingerprint density at radius 2 is 2.05 bits per heavy atom. The Kier molecular flexibility index (Phi) is 5.88. The fourth-order valence-electron chi connectivity index (χ4n) is 2.84. The summed E-state index contributed by atoms with van der Waals surface area (Å²) in [4.78, 5) is 14.5. The van der Waals surface area contributed by atoms with Gasteiger partial charge < -0.3 is 11.1 Å². The summed E-state index contributed by atoms with van der Waals surface area (Å²) in [7, 11) is 0. The Hall–Kier alpha value is -0.810. The van der Waals surface area contributed by atoms with E-state index in [0.29, 0.717) is 34.9 Å². The van der Waals surface area contributed by atoms with Crippen LogP contribution in [0.4, 0.5) is 5.69 Å². The van der Waals surface area contributed by atoms with Gasteiger partial charge in [0, 0.05) is 18.6 Å². The molecule has 1 fully saturated rings. The van der Waals surface area contributed by atoms with Gasteiger partial charge in [-0.25, -0.2) is 0 Å². The number of halogens is 2. The van der Waals surface area contributed by atoms with Crippen molar-refractivity contribution in [2.24, 2.45) is 5.73 Å². The Morgan fingerprint density at radius 1 is 1.38 bits per heavy atom. The Balaban J connectivity index is 2.03. The van der Waals surface area contributed by atoms with E-state index in [2.05, 4.69) is 17.1 Å². The number of rotatable bonds is 4. The van der Waals surface area contributed by atoms with E-state index in [1.807, 2.05) is 0 Å². The molecule has 116 valence electrons. The quantitative estimate of drug-likeness (QED) is 0.892. The highest BCUT2D eigenvalue weighted by Crippen LogP contribution is 2.30.